The summed E-state index contributed by atoms with van der Waals surface area (Å²) in [5.74, 6) is 0.476. The summed E-state index contributed by atoms with van der Waals surface area (Å²) in [6.07, 6.45) is 3.01. The summed E-state index contributed by atoms with van der Waals surface area (Å²) in [6.45, 7) is 7.15. The molecule has 3 rings (SSSR count). The van der Waals surface area contributed by atoms with Gasteiger partial charge < -0.3 is 9.26 Å². The number of aromatic nitrogens is 2. The number of carbonyl (C=O) groups excluding carboxylic acids is 2. The van der Waals surface area contributed by atoms with Gasteiger partial charge in [-0.2, -0.15) is 0 Å². The molecule has 0 unspecified atom stereocenters. The molecule has 2 aromatic heterocycles. The molecule has 0 bridgehead atoms. The van der Waals surface area contributed by atoms with E-state index < -0.39 is 5.97 Å². The normalized spacial score (nSPS) is 11.1. The molecule has 0 amide bonds. The highest BCUT2D eigenvalue weighted by molar-refractivity contribution is 6.00. The van der Waals surface area contributed by atoms with E-state index in [9.17, 15) is 9.59 Å². The molecule has 144 valence electrons. The van der Waals surface area contributed by atoms with Crippen molar-refractivity contribution in [2.24, 2.45) is 0 Å². The second-order valence-electron chi connectivity index (χ2n) is 6.64. The van der Waals surface area contributed by atoms with Crippen LogP contribution < -0.4 is 0 Å². The van der Waals surface area contributed by atoms with Crippen LogP contribution in [0.15, 0.2) is 47.0 Å². The molecule has 6 heteroatoms. The number of rotatable bonds is 6. The highest BCUT2D eigenvalue weighted by Gasteiger charge is 2.19. The van der Waals surface area contributed by atoms with E-state index in [4.69, 9.17) is 9.26 Å². The van der Waals surface area contributed by atoms with E-state index in [-0.39, 0.29) is 12.4 Å². The molecule has 28 heavy (non-hydrogen) atoms. The fourth-order valence-corrected chi connectivity index (χ4v) is 3.05. The third-order valence-corrected chi connectivity index (χ3v) is 4.51. The molecule has 0 aliphatic carbocycles. The van der Waals surface area contributed by atoms with E-state index in [1.54, 1.807) is 25.1 Å². The second kappa shape index (κ2) is 8.08. The van der Waals surface area contributed by atoms with Crippen molar-refractivity contribution < 1.29 is 18.8 Å². The first kappa shape index (κ1) is 19.4. The Labute approximate surface area is 163 Å². The molecule has 0 spiro atoms. The van der Waals surface area contributed by atoms with Crippen molar-refractivity contribution in [3.63, 3.8) is 0 Å². The third-order valence-electron chi connectivity index (χ3n) is 4.51. The Morgan fingerprint density at radius 1 is 1.14 bits per heavy atom. The Kier molecular flexibility index (Phi) is 5.59. The van der Waals surface area contributed by atoms with Crippen LogP contribution in [-0.2, 0) is 9.53 Å². The van der Waals surface area contributed by atoms with Crippen LogP contribution in [0.3, 0.4) is 0 Å². The number of nitrogens with zero attached hydrogens (tertiary/aromatic N) is 2. The maximum absolute atomic E-state index is 12.5. The van der Waals surface area contributed by atoms with Gasteiger partial charge in [-0.3, -0.25) is 9.36 Å². The van der Waals surface area contributed by atoms with Gasteiger partial charge in [-0.1, -0.05) is 29.4 Å². The van der Waals surface area contributed by atoms with Crippen molar-refractivity contribution in [1.82, 2.24) is 9.72 Å². The molecule has 0 aliphatic rings. The standard InChI is InChI=1S/C22H22N2O4/c1-14-7-5-6-8-18(14)9-10-22(26)27-13-20(25)19-11-15(2)24(17(19)4)21-12-16(3)28-23-21/h5-12H,13H2,1-4H3/b10-9+. The highest BCUT2D eigenvalue weighted by atomic mass is 16.5. The molecule has 0 saturated carbocycles. The summed E-state index contributed by atoms with van der Waals surface area (Å²) in [4.78, 5) is 24.5. The van der Waals surface area contributed by atoms with Crippen LogP contribution in [0.25, 0.3) is 11.9 Å². The van der Waals surface area contributed by atoms with E-state index in [2.05, 4.69) is 5.16 Å². The molecule has 6 nitrogen and oxygen atoms in total. The van der Waals surface area contributed by atoms with Gasteiger partial charge in [-0.15, -0.1) is 0 Å². The van der Waals surface area contributed by atoms with E-state index >= 15 is 0 Å². The Hall–Kier alpha value is -3.41. The average molecular weight is 378 g/mol. The number of ketones is 1. The monoisotopic (exact) mass is 378 g/mol. The first-order chi connectivity index (χ1) is 13.4. The van der Waals surface area contributed by atoms with Gasteiger partial charge in [-0.25, -0.2) is 4.79 Å². The molecule has 0 radical (unpaired) electrons. The van der Waals surface area contributed by atoms with Crippen LogP contribution >= 0.6 is 0 Å². The lowest BCUT2D eigenvalue weighted by atomic mass is 10.1. The average Bonchev–Trinajstić information content (AvgIpc) is 3.21. The van der Waals surface area contributed by atoms with E-state index in [0.717, 1.165) is 22.5 Å². The van der Waals surface area contributed by atoms with Crippen molar-refractivity contribution in [2.75, 3.05) is 6.61 Å². The lowest BCUT2D eigenvalue weighted by molar-refractivity contribution is -0.136. The fourth-order valence-electron chi connectivity index (χ4n) is 3.05. The zero-order chi connectivity index (χ0) is 20.3. The van der Waals surface area contributed by atoms with E-state index in [0.29, 0.717) is 17.1 Å². The summed E-state index contributed by atoms with van der Waals surface area (Å²) in [7, 11) is 0. The Morgan fingerprint density at radius 2 is 1.89 bits per heavy atom. The van der Waals surface area contributed by atoms with Crippen LogP contribution in [0.1, 0.15) is 38.6 Å². The Balaban J connectivity index is 1.67. The number of Topliss-reactive ketones (excluding diaryl/α,β-unsaturated/α-hetero) is 1. The van der Waals surface area contributed by atoms with Crippen LogP contribution in [0.4, 0.5) is 0 Å². The van der Waals surface area contributed by atoms with Crippen LogP contribution in [0.5, 0.6) is 0 Å². The maximum Gasteiger partial charge on any atom is 0.331 e. The van der Waals surface area contributed by atoms with Gasteiger partial charge in [0.1, 0.15) is 5.76 Å². The minimum absolute atomic E-state index is 0.266. The van der Waals surface area contributed by atoms with E-state index in [1.807, 2.05) is 49.6 Å². The van der Waals surface area contributed by atoms with Crippen molar-refractivity contribution in [1.29, 1.82) is 0 Å². The summed E-state index contributed by atoms with van der Waals surface area (Å²) in [5.41, 5.74) is 4.05. The predicted octanol–water partition coefficient (Wildman–Crippen LogP) is 4.14. The highest BCUT2D eigenvalue weighted by Crippen LogP contribution is 2.21. The van der Waals surface area contributed by atoms with Gasteiger partial charge in [0.2, 0.25) is 5.78 Å². The number of benzene rings is 1. The molecule has 0 atom stereocenters. The van der Waals surface area contributed by atoms with Crippen molar-refractivity contribution in [3.8, 4) is 5.82 Å². The van der Waals surface area contributed by atoms with Crippen molar-refractivity contribution >= 4 is 17.8 Å². The molecular formula is C22H22N2O4. The van der Waals surface area contributed by atoms with Crippen LogP contribution in [-0.4, -0.2) is 28.1 Å². The van der Waals surface area contributed by atoms with Gasteiger partial charge in [-0.05, 0) is 51.0 Å². The fraction of sp³-hybridized carbons (Fsp3) is 0.227. The Morgan fingerprint density at radius 3 is 2.57 bits per heavy atom. The lowest BCUT2D eigenvalue weighted by Gasteiger charge is -2.05. The summed E-state index contributed by atoms with van der Waals surface area (Å²) in [6, 6.07) is 11.3. The molecule has 2 heterocycles. The van der Waals surface area contributed by atoms with Gasteiger partial charge >= 0.3 is 5.97 Å². The van der Waals surface area contributed by atoms with Crippen LogP contribution in [0.2, 0.25) is 0 Å². The number of hydrogen-bond donors (Lipinski definition) is 0. The zero-order valence-electron chi connectivity index (χ0n) is 16.4. The second-order valence-corrected chi connectivity index (χ2v) is 6.64. The minimum atomic E-state index is -0.558. The van der Waals surface area contributed by atoms with Gasteiger partial charge in [0.15, 0.2) is 12.4 Å². The summed E-state index contributed by atoms with van der Waals surface area (Å²) >= 11 is 0. The zero-order valence-corrected chi connectivity index (χ0v) is 16.4. The number of ether oxygens (including phenoxy) is 1. The van der Waals surface area contributed by atoms with Gasteiger partial charge in [0.05, 0.1) is 0 Å². The maximum atomic E-state index is 12.5. The third kappa shape index (κ3) is 4.11. The predicted molar refractivity (Wildman–Crippen MR) is 106 cm³/mol. The van der Waals surface area contributed by atoms with Gasteiger partial charge in [0.25, 0.3) is 0 Å². The first-order valence-corrected chi connectivity index (χ1v) is 8.93. The van der Waals surface area contributed by atoms with E-state index in [1.165, 1.54) is 6.08 Å². The van der Waals surface area contributed by atoms with Gasteiger partial charge in [0, 0.05) is 29.1 Å². The smallest absolute Gasteiger partial charge is 0.331 e. The molecule has 0 fully saturated rings. The topological polar surface area (TPSA) is 74.3 Å². The molecule has 1 aromatic carbocycles. The number of esters is 1. The van der Waals surface area contributed by atoms with Crippen molar-refractivity contribution in [3.05, 3.63) is 76.3 Å². The molecule has 0 aliphatic heterocycles. The molecule has 0 saturated heterocycles. The number of aryl methyl sites for hydroxylation is 3. The summed E-state index contributed by atoms with van der Waals surface area (Å²) < 4.78 is 12.1. The SMILES string of the molecule is Cc1cc(-n2c(C)cc(C(=O)COC(=O)/C=C/c3ccccc3C)c2C)no1. The Bertz CT molecular complexity index is 1060. The number of carbonyl (C=O) groups is 2. The minimum Gasteiger partial charge on any atom is -0.454 e. The number of hydrogen-bond acceptors (Lipinski definition) is 5. The molecular weight excluding hydrogens is 356 g/mol. The van der Waals surface area contributed by atoms with Crippen LogP contribution in [0, 0.1) is 27.7 Å². The summed E-state index contributed by atoms with van der Waals surface area (Å²) in [5, 5.41) is 4.00. The van der Waals surface area contributed by atoms with Crippen molar-refractivity contribution in [2.45, 2.75) is 27.7 Å². The largest absolute Gasteiger partial charge is 0.454 e. The quantitative estimate of drug-likeness (QED) is 0.366. The molecule has 0 N–H and O–H groups in total. The molecule has 3 aromatic rings. The first-order valence-electron chi connectivity index (χ1n) is 8.93. The lowest BCUT2D eigenvalue weighted by Crippen LogP contribution is -2.13.